The van der Waals surface area contributed by atoms with Gasteiger partial charge >= 0.3 is 35.8 Å². The quantitative estimate of drug-likeness (QED) is 0.0715. The van der Waals surface area contributed by atoms with Crippen LogP contribution in [0.2, 0.25) is 0 Å². The highest BCUT2D eigenvalue weighted by Gasteiger charge is 2.64. The second-order valence-corrected chi connectivity index (χ2v) is 34.2. The maximum atomic E-state index is 16.0. The minimum Gasteiger partial charge on any atom is -0.496 e. The van der Waals surface area contributed by atoms with E-state index in [1.807, 2.05) is 109 Å². The molecule has 4 heterocycles. The Morgan fingerprint density at radius 2 is 0.571 bits per heavy atom. The Morgan fingerprint density at radius 3 is 0.804 bits per heavy atom. The highest BCUT2D eigenvalue weighted by Crippen LogP contribution is 2.63. The van der Waals surface area contributed by atoms with Crippen molar-refractivity contribution in [2.45, 2.75) is 153 Å². The number of methoxy groups -OCH3 is 6. The van der Waals surface area contributed by atoms with Gasteiger partial charge in [-0.25, -0.2) is 28.8 Å². The summed E-state index contributed by atoms with van der Waals surface area (Å²) in [7, 11) is 8.44. The van der Waals surface area contributed by atoms with E-state index < -0.39 is 80.4 Å². The molecule has 112 heavy (non-hydrogen) atoms. The predicted octanol–water partition coefficient (Wildman–Crippen LogP) is 16.8. The van der Waals surface area contributed by atoms with Gasteiger partial charge in [-0.2, -0.15) is 0 Å². The molecule has 0 fully saturated rings. The molecule has 15 rings (SSSR count). The van der Waals surface area contributed by atoms with Crippen molar-refractivity contribution < 1.29 is 66.7 Å². The Balaban J connectivity index is 0.907. The van der Waals surface area contributed by atoms with Crippen molar-refractivity contribution in [2.24, 2.45) is 0 Å². The van der Waals surface area contributed by atoms with E-state index in [-0.39, 0.29) is 59.4 Å². The maximum absolute atomic E-state index is 16.0. The molecular formula is C96H94N2O14. The number of esters is 6. The predicted molar refractivity (Wildman–Crippen MR) is 429 cm³/mol. The van der Waals surface area contributed by atoms with Crippen molar-refractivity contribution in [3.63, 3.8) is 0 Å². The standard InChI is InChI=1S/C96H94N2O14/c1-91(2,3)63-43-55-39-59-47-65(93(7,8)9)49-61(83(59)111-85(99)53-35-37-75-95(77(87(101)107-15)79(89(103)109-17)97(75)51-53)71-31-23-19-27-67(71)68-28-20-24-32-72(68)95)41-57-45-64(92(4,5)6)46-58(82(57)106-14)42-62-50-66(94(10,11)12)48-60(40-56(44-63)81(55)105-13)84(62)112-86(100)54-36-38-76-96(78(88(102)108-16)80(90(104)110-18)98(76)52-54)73-33-25-21-29-69(73)70-30-22-26-34-74(70)96/h19-38,43-52,75-76H,39-42H2,1-18H3/t75-,76-/m1/s1. The third-order valence-electron chi connectivity index (χ3n) is 23.5. The SMILES string of the molecule is COC(=O)C1=C(C(=O)OC)C2(c3ccccc3-c3ccccc32)[C@H]2C=CC(C(=O)Oc3c4cc(C(C)(C)C)cc3Cc3cc(C(C)(C)C)cc(c3OC)Cc3cc(C(C)(C)C)cc(c3OC(=O)C3=CN5C(C(=O)OC)=C(C(=O)OC)C6(c7ccccc7-c7ccccc76)[C@H]5C=C3)Cc3cc(C(C)(C)C)cc(c3OC)C4)=CN12. The summed E-state index contributed by atoms with van der Waals surface area (Å²) in [5.41, 5.74) is 12.4. The molecule has 0 saturated carbocycles. The minimum atomic E-state index is -1.28. The number of benzene rings is 8. The molecule has 0 unspecified atom stereocenters. The third kappa shape index (κ3) is 12.0. The average Bonchev–Trinajstić information content (AvgIpc) is 1.51. The van der Waals surface area contributed by atoms with E-state index in [2.05, 4.69) is 132 Å². The van der Waals surface area contributed by atoms with Crippen LogP contribution in [0.1, 0.15) is 172 Å². The summed E-state index contributed by atoms with van der Waals surface area (Å²) in [5.74, 6) is -2.72. The monoisotopic (exact) mass is 1500 g/mol. The number of hydrogen-bond acceptors (Lipinski definition) is 16. The molecule has 3 aliphatic carbocycles. The Hall–Kier alpha value is -11.8. The van der Waals surface area contributed by atoms with E-state index in [1.165, 1.54) is 28.4 Å². The van der Waals surface area contributed by atoms with Gasteiger partial charge in [-0.3, -0.25) is 0 Å². The average molecular weight is 1500 g/mol. The normalized spacial score (nSPS) is 17.3. The molecule has 8 bridgehead atoms. The van der Waals surface area contributed by atoms with Crippen molar-refractivity contribution in [2.75, 3.05) is 42.7 Å². The third-order valence-corrected chi connectivity index (χ3v) is 23.5. The summed E-state index contributed by atoms with van der Waals surface area (Å²) in [4.78, 5) is 94.0. The van der Waals surface area contributed by atoms with Crippen molar-refractivity contribution in [3.05, 3.63) is 305 Å². The first-order valence-corrected chi connectivity index (χ1v) is 38.0. The zero-order chi connectivity index (χ0) is 79.8. The second kappa shape index (κ2) is 27.6. The fourth-order valence-electron chi connectivity index (χ4n) is 18.2. The van der Waals surface area contributed by atoms with E-state index in [9.17, 15) is 19.2 Å². The smallest absolute Gasteiger partial charge is 0.355 e. The van der Waals surface area contributed by atoms with Crippen LogP contribution in [0.25, 0.3) is 22.3 Å². The van der Waals surface area contributed by atoms with Gasteiger partial charge in [0.25, 0.3) is 0 Å². The van der Waals surface area contributed by atoms with E-state index >= 15 is 9.59 Å². The van der Waals surface area contributed by atoms with Gasteiger partial charge in [0.1, 0.15) is 34.4 Å². The van der Waals surface area contributed by atoms with Crippen LogP contribution in [0, 0.1) is 0 Å². The molecule has 0 amide bonds. The van der Waals surface area contributed by atoms with Crippen LogP contribution in [0.3, 0.4) is 0 Å². The van der Waals surface area contributed by atoms with Crippen LogP contribution in [0.4, 0.5) is 0 Å². The van der Waals surface area contributed by atoms with Crippen LogP contribution in [-0.2, 0) is 106 Å². The van der Waals surface area contributed by atoms with Gasteiger partial charge < -0.3 is 47.7 Å². The lowest BCUT2D eigenvalue weighted by Gasteiger charge is -2.38. The van der Waals surface area contributed by atoms with E-state index in [1.54, 1.807) is 48.6 Å². The molecule has 0 saturated heterocycles. The number of fused-ring (bicyclic) bond motifs is 22. The Kier molecular flexibility index (Phi) is 18.6. The number of rotatable bonds is 10. The fraction of sp³-hybridized carbons (Fsp3) is 0.312. The molecule has 16 heteroatoms. The lowest BCUT2D eigenvalue weighted by atomic mass is 9.68. The van der Waals surface area contributed by atoms with E-state index in [0.717, 1.165) is 89.0 Å². The van der Waals surface area contributed by atoms with Crippen molar-refractivity contribution >= 4 is 35.8 Å². The molecular weight excluding hydrogens is 1410 g/mol. The van der Waals surface area contributed by atoms with Gasteiger partial charge in [-0.1, -0.05) is 241 Å². The molecule has 2 atom stereocenters. The molecule has 7 aliphatic rings. The highest BCUT2D eigenvalue weighted by atomic mass is 16.6. The molecule has 8 aromatic rings. The van der Waals surface area contributed by atoms with Gasteiger partial charge in [0, 0.05) is 60.3 Å². The summed E-state index contributed by atoms with van der Waals surface area (Å²) in [6.45, 7) is 25.9. The molecule has 0 N–H and O–H groups in total. The molecule has 16 nitrogen and oxygen atoms in total. The molecule has 4 aliphatic heterocycles. The topological polar surface area (TPSA) is 183 Å². The van der Waals surface area contributed by atoms with Gasteiger partial charge in [-0.05, 0) is 123 Å². The van der Waals surface area contributed by atoms with Crippen LogP contribution in [0.15, 0.2) is 216 Å². The van der Waals surface area contributed by atoms with Crippen molar-refractivity contribution in [1.29, 1.82) is 0 Å². The molecule has 0 aromatic heterocycles. The van der Waals surface area contributed by atoms with E-state index in [0.29, 0.717) is 45.3 Å². The summed E-state index contributed by atoms with van der Waals surface area (Å²) < 4.78 is 50.0. The van der Waals surface area contributed by atoms with E-state index in [4.69, 9.17) is 37.9 Å². The van der Waals surface area contributed by atoms with Crippen molar-refractivity contribution in [3.8, 4) is 45.3 Å². The summed E-state index contributed by atoms with van der Waals surface area (Å²) in [5, 5.41) is 0. The molecule has 0 radical (unpaired) electrons. The van der Waals surface area contributed by atoms with Gasteiger partial charge in [0.15, 0.2) is 0 Å². The summed E-state index contributed by atoms with van der Waals surface area (Å²) >= 11 is 0. The summed E-state index contributed by atoms with van der Waals surface area (Å²) in [6, 6.07) is 47.0. The number of hydrogen-bond donors (Lipinski definition) is 0. The van der Waals surface area contributed by atoms with Crippen LogP contribution in [-0.4, -0.2) is 100 Å². The maximum Gasteiger partial charge on any atom is 0.355 e. The highest BCUT2D eigenvalue weighted by molar-refractivity contribution is 6.09. The lowest BCUT2D eigenvalue weighted by molar-refractivity contribution is -0.140. The zero-order valence-electron chi connectivity index (χ0n) is 66.9. The lowest BCUT2D eigenvalue weighted by Crippen LogP contribution is -2.44. The number of nitrogens with zero attached hydrogens (tertiary/aromatic N) is 2. The first-order valence-electron chi connectivity index (χ1n) is 38.0. The largest absolute Gasteiger partial charge is 0.496 e. The van der Waals surface area contributed by atoms with Gasteiger partial charge in [-0.15, -0.1) is 0 Å². The first-order chi connectivity index (χ1) is 53.2. The first kappa shape index (κ1) is 75.6. The number of carbonyl (C=O) groups is 6. The van der Waals surface area contributed by atoms with Crippen molar-refractivity contribution in [1.82, 2.24) is 9.80 Å². The van der Waals surface area contributed by atoms with Gasteiger partial charge in [0.05, 0.1) is 87.9 Å². The summed E-state index contributed by atoms with van der Waals surface area (Å²) in [6.07, 6.45) is 11.1. The molecule has 8 aromatic carbocycles. The van der Waals surface area contributed by atoms with Gasteiger partial charge in [0.2, 0.25) is 0 Å². The fourth-order valence-corrected chi connectivity index (χ4v) is 18.2. The number of ether oxygens (including phenoxy) is 8. The Bertz CT molecular complexity index is 5060. The minimum absolute atomic E-state index is 0.0706. The Labute approximate surface area is 655 Å². The number of carbonyl (C=O) groups excluding carboxylic acids is 6. The zero-order valence-corrected chi connectivity index (χ0v) is 66.9. The molecule has 572 valence electrons. The van der Waals surface area contributed by atoms with Crippen LogP contribution < -0.4 is 18.9 Å². The van der Waals surface area contributed by atoms with Crippen LogP contribution in [0.5, 0.6) is 23.0 Å². The second-order valence-electron chi connectivity index (χ2n) is 34.2. The van der Waals surface area contributed by atoms with Crippen LogP contribution >= 0.6 is 0 Å². The molecule has 2 spiro atoms. The Morgan fingerprint density at radius 1 is 0.330 bits per heavy atom.